The molecule has 7 heteroatoms. The summed E-state index contributed by atoms with van der Waals surface area (Å²) in [5.41, 5.74) is -0.00572. The van der Waals surface area contributed by atoms with E-state index in [1.54, 1.807) is 0 Å². The van der Waals surface area contributed by atoms with Crippen LogP contribution in [0.3, 0.4) is 0 Å². The van der Waals surface area contributed by atoms with E-state index in [1.165, 1.54) is 12.1 Å². The minimum atomic E-state index is -1.75. The van der Waals surface area contributed by atoms with Crippen LogP contribution in [0.2, 0.25) is 0 Å². The highest BCUT2D eigenvalue weighted by atomic mass is 16.6. The fraction of sp³-hybridized carbons (Fsp3) is 0.300. The van der Waals surface area contributed by atoms with Gasteiger partial charge in [0.05, 0.1) is 4.92 Å². The van der Waals surface area contributed by atoms with E-state index in [9.17, 15) is 25.1 Å². The van der Waals surface area contributed by atoms with Crippen LogP contribution in [0.5, 0.6) is 0 Å². The Morgan fingerprint density at radius 3 is 2.24 bits per heavy atom. The Labute approximate surface area is 96.1 Å². The molecule has 1 aromatic carbocycles. The molecular formula is C10H11NO6. The second kappa shape index (κ2) is 5.48. The third-order valence-electron chi connectivity index (χ3n) is 2.23. The Morgan fingerprint density at radius 2 is 1.82 bits per heavy atom. The van der Waals surface area contributed by atoms with Crippen LogP contribution in [0.1, 0.15) is 11.7 Å². The molecular weight excluding hydrogens is 230 g/mol. The molecule has 0 unspecified atom stereocenters. The van der Waals surface area contributed by atoms with Crippen molar-refractivity contribution in [1.29, 1.82) is 0 Å². The first-order chi connectivity index (χ1) is 7.97. The average molecular weight is 241 g/mol. The van der Waals surface area contributed by atoms with E-state index in [0.29, 0.717) is 0 Å². The van der Waals surface area contributed by atoms with E-state index in [-0.39, 0.29) is 11.3 Å². The number of carbonyl (C=O) groups excluding carboxylic acids is 1. The molecule has 0 saturated carbocycles. The number of aliphatic hydroxyl groups is 3. The van der Waals surface area contributed by atoms with Crippen molar-refractivity contribution in [1.82, 2.24) is 0 Å². The van der Waals surface area contributed by atoms with Crippen LogP contribution in [0.15, 0.2) is 24.3 Å². The van der Waals surface area contributed by atoms with E-state index in [1.807, 2.05) is 0 Å². The van der Waals surface area contributed by atoms with Gasteiger partial charge in [-0.05, 0) is 17.7 Å². The maximum atomic E-state index is 10.9. The van der Waals surface area contributed by atoms with Crippen LogP contribution in [0.4, 0.5) is 5.69 Å². The van der Waals surface area contributed by atoms with Crippen molar-refractivity contribution in [2.45, 2.75) is 12.2 Å². The number of hydrogen-bond acceptors (Lipinski definition) is 6. The van der Waals surface area contributed by atoms with Crippen LogP contribution < -0.4 is 0 Å². The molecule has 17 heavy (non-hydrogen) atoms. The van der Waals surface area contributed by atoms with Crippen molar-refractivity contribution >= 4 is 11.5 Å². The maximum Gasteiger partial charge on any atom is 0.269 e. The van der Waals surface area contributed by atoms with Crippen molar-refractivity contribution in [3.8, 4) is 0 Å². The summed E-state index contributed by atoms with van der Waals surface area (Å²) >= 11 is 0. The molecule has 1 rings (SSSR count). The minimum absolute atomic E-state index is 0.157. The number of rotatable bonds is 5. The van der Waals surface area contributed by atoms with Crippen molar-refractivity contribution < 1.29 is 25.0 Å². The molecule has 7 nitrogen and oxygen atoms in total. The lowest BCUT2D eigenvalue weighted by Gasteiger charge is -2.15. The lowest BCUT2D eigenvalue weighted by atomic mass is 10.0. The first-order valence-electron chi connectivity index (χ1n) is 4.71. The van der Waals surface area contributed by atoms with Crippen LogP contribution >= 0.6 is 0 Å². The van der Waals surface area contributed by atoms with Crippen LogP contribution in [-0.2, 0) is 4.79 Å². The van der Waals surface area contributed by atoms with Gasteiger partial charge in [-0.2, -0.15) is 0 Å². The monoisotopic (exact) mass is 241 g/mol. The molecule has 2 atom stereocenters. The van der Waals surface area contributed by atoms with Crippen molar-refractivity contribution in [2.75, 3.05) is 6.61 Å². The van der Waals surface area contributed by atoms with Gasteiger partial charge < -0.3 is 15.3 Å². The van der Waals surface area contributed by atoms with Gasteiger partial charge in [-0.3, -0.25) is 14.9 Å². The van der Waals surface area contributed by atoms with Crippen molar-refractivity contribution in [3.63, 3.8) is 0 Å². The lowest BCUT2D eigenvalue weighted by Crippen LogP contribution is -2.30. The highest BCUT2D eigenvalue weighted by Gasteiger charge is 2.25. The quantitative estimate of drug-likeness (QED) is 0.474. The van der Waals surface area contributed by atoms with Gasteiger partial charge in [0, 0.05) is 12.1 Å². The molecule has 0 heterocycles. The first kappa shape index (κ1) is 13.2. The summed E-state index contributed by atoms with van der Waals surface area (Å²) in [4.78, 5) is 20.7. The van der Waals surface area contributed by atoms with Gasteiger partial charge in [-0.25, -0.2) is 0 Å². The molecule has 0 bridgehead atoms. The number of benzene rings is 1. The Bertz CT molecular complexity index is 415. The zero-order chi connectivity index (χ0) is 13.0. The number of nitro groups is 1. The summed E-state index contributed by atoms with van der Waals surface area (Å²) in [5, 5.41) is 37.8. The summed E-state index contributed by atoms with van der Waals surface area (Å²) in [6, 6.07) is 4.76. The number of hydrogen-bond donors (Lipinski definition) is 3. The van der Waals surface area contributed by atoms with Crippen LogP contribution in [0, 0.1) is 10.1 Å². The number of ketones is 1. The summed E-state index contributed by atoms with van der Waals surface area (Å²) in [7, 11) is 0. The molecule has 0 radical (unpaired) electrons. The zero-order valence-corrected chi connectivity index (χ0v) is 8.68. The standard InChI is InChI=1S/C10H11NO6/c12-5-8(13)10(15)9(14)6-1-3-7(4-2-6)11(16)17/h1-4,9-10,12,14-15H,5H2/t9-,10+/m1/s1. The number of carbonyl (C=O) groups is 1. The topological polar surface area (TPSA) is 121 Å². The minimum Gasteiger partial charge on any atom is -0.388 e. The predicted molar refractivity (Wildman–Crippen MR) is 56.2 cm³/mol. The van der Waals surface area contributed by atoms with E-state index >= 15 is 0 Å². The zero-order valence-electron chi connectivity index (χ0n) is 8.68. The Morgan fingerprint density at radius 1 is 1.29 bits per heavy atom. The molecule has 0 aliphatic heterocycles. The van der Waals surface area contributed by atoms with E-state index in [2.05, 4.69) is 0 Å². The highest BCUT2D eigenvalue weighted by Crippen LogP contribution is 2.20. The van der Waals surface area contributed by atoms with Gasteiger partial charge in [0.2, 0.25) is 0 Å². The van der Waals surface area contributed by atoms with Gasteiger partial charge in [0.1, 0.15) is 18.8 Å². The smallest absolute Gasteiger partial charge is 0.269 e. The van der Waals surface area contributed by atoms with E-state index in [0.717, 1.165) is 12.1 Å². The van der Waals surface area contributed by atoms with Gasteiger partial charge in [0.15, 0.2) is 5.78 Å². The van der Waals surface area contributed by atoms with Crippen LogP contribution in [-0.4, -0.2) is 38.7 Å². The number of non-ortho nitro benzene ring substituents is 1. The highest BCUT2D eigenvalue weighted by molar-refractivity contribution is 5.84. The normalized spacial score (nSPS) is 14.1. The molecule has 0 saturated heterocycles. The molecule has 0 aliphatic rings. The summed E-state index contributed by atoms with van der Waals surface area (Å²) in [5.74, 6) is -0.921. The maximum absolute atomic E-state index is 10.9. The Kier molecular flexibility index (Phi) is 4.27. The molecule has 3 N–H and O–H groups in total. The van der Waals surface area contributed by atoms with Gasteiger partial charge >= 0.3 is 0 Å². The number of nitro benzene ring substituents is 1. The van der Waals surface area contributed by atoms with Crippen molar-refractivity contribution in [3.05, 3.63) is 39.9 Å². The Balaban J connectivity index is 2.86. The van der Waals surface area contributed by atoms with Gasteiger partial charge in [0.25, 0.3) is 5.69 Å². The SMILES string of the molecule is O=C(CO)[C@H](O)[C@H](O)c1ccc([N+](=O)[O-])cc1. The number of nitrogens with zero attached hydrogens (tertiary/aromatic N) is 1. The second-order valence-corrected chi connectivity index (χ2v) is 3.36. The van der Waals surface area contributed by atoms with Crippen molar-refractivity contribution in [2.24, 2.45) is 0 Å². The Hall–Kier alpha value is -1.83. The van der Waals surface area contributed by atoms with E-state index in [4.69, 9.17) is 5.11 Å². The third-order valence-corrected chi connectivity index (χ3v) is 2.23. The second-order valence-electron chi connectivity index (χ2n) is 3.36. The molecule has 0 fully saturated rings. The lowest BCUT2D eigenvalue weighted by molar-refractivity contribution is -0.384. The molecule has 1 aromatic rings. The van der Waals surface area contributed by atoms with Gasteiger partial charge in [-0.15, -0.1) is 0 Å². The summed E-state index contributed by atoms with van der Waals surface area (Å²) in [6.45, 7) is -0.884. The van der Waals surface area contributed by atoms with Crippen LogP contribution in [0.25, 0.3) is 0 Å². The molecule has 0 amide bonds. The number of Topliss-reactive ketones (excluding diaryl/α,β-unsaturated/α-hetero) is 1. The largest absolute Gasteiger partial charge is 0.388 e. The average Bonchev–Trinajstić information content (AvgIpc) is 2.36. The number of aliphatic hydroxyl groups excluding tert-OH is 3. The van der Waals surface area contributed by atoms with E-state index < -0.39 is 29.5 Å². The third kappa shape index (κ3) is 3.06. The first-order valence-corrected chi connectivity index (χ1v) is 4.71. The fourth-order valence-electron chi connectivity index (χ4n) is 1.25. The van der Waals surface area contributed by atoms with Gasteiger partial charge in [-0.1, -0.05) is 0 Å². The molecule has 0 spiro atoms. The molecule has 0 aromatic heterocycles. The summed E-state index contributed by atoms with van der Waals surface area (Å²) < 4.78 is 0. The summed E-state index contributed by atoms with van der Waals surface area (Å²) in [6.07, 6.45) is -3.27. The predicted octanol–water partition coefficient (Wildman–Crippen LogP) is -0.450. The molecule has 0 aliphatic carbocycles. The molecule has 92 valence electrons. The fourth-order valence-corrected chi connectivity index (χ4v) is 1.25.